The van der Waals surface area contributed by atoms with Gasteiger partial charge in [0, 0.05) is 49.3 Å². The molecule has 3 heterocycles. The fourth-order valence-electron chi connectivity index (χ4n) is 4.42. The van der Waals surface area contributed by atoms with E-state index in [1.54, 1.807) is 6.20 Å². The number of nitrogens with one attached hydrogen (secondary N) is 1. The first-order chi connectivity index (χ1) is 12.1. The molecule has 2 aliphatic rings. The molecule has 2 N–H and O–H groups in total. The molecule has 0 radical (unpaired) electrons. The van der Waals surface area contributed by atoms with Gasteiger partial charge < -0.3 is 19.7 Å². The van der Waals surface area contributed by atoms with Crippen molar-refractivity contribution in [1.29, 1.82) is 0 Å². The number of likely N-dealkylation sites (tertiary alicyclic amines) is 1. The number of ether oxygens (including phenoxy) is 1. The van der Waals surface area contributed by atoms with Crippen molar-refractivity contribution in [2.24, 2.45) is 5.41 Å². The lowest BCUT2D eigenvalue weighted by Gasteiger charge is -2.56. The van der Waals surface area contributed by atoms with E-state index in [0.717, 1.165) is 35.9 Å². The van der Waals surface area contributed by atoms with Crippen molar-refractivity contribution < 1.29 is 14.6 Å². The van der Waals surface area contributed by atoms with Crippen molar-refractivity contribution in [3.05, 3.63) is 30.1 Å². The first-order valence-electron chi connectivity index (χ1n) is 9.12. The van der Waals surface area contributed by atoms with Gasteiger partial charge in [-0.25, -0.2) is 4.98 Å². The quantitative estimate of drug-likeness (QED) is 0.888. The molecule has 6 heteroatoms. The van der Waals surface area contributed by atoms with E-state index in [-0.39, 0.29) is 23.5 Å². The molecular weight excluding hydrogens is 318 g/mol. The van der Waals surface area contributed by atoms with Crippen LogP contribution >= 0.6 is 0 Å². The monoisotopic (exact) mass is 343 g/mol. The molecule has 2 aromatic heterocycles. The first kappa shape index (κ1) is 16.5. The van der Waals surface area contributed by atoms with Crippen LogP contribution in [0.4, 0.5) is 0 Å². The number of H-pyrrole nitrogens is 1. The van der Waals surface area contributed by atoms with Gasteiger partial charge in [-0.05, 0) is 37.5 Å². The molecule has 4 rings (SSSR count). The highest BCUT2D eigenvalue weighted by molar-refractivity contribution is 5.87. The molecule has 1 spiro atoms. The predicted octanol–water partition coefficient (Wildman–Crippen LogP) is 1.88. The van der Waals surface area contributed by atoms with E-state index in [9.17, 15) is 9.90 Å². The summed E-state index contributed by atoms with van der Waals surface area (Å²) in [7, 11) is 0. The van der Waals surface area contributed by atoms with Crippen molar-refractivity contribution in [3.8, 4) is 0 Å². The average Bonchev–Trinajstić information content (AvgIpc) is 3.05. The Labute approximate surface area is 147 Å². The minimum absolute atomic E-state index is 0.140. The van der Waals surface area contributed by atoms with Crippen molar-refractivity contribution >= 4 is 16.9 Å². The number of carbonyl (C=O) groups is 1. The number of pyridine rings is 1. The predicted molar refractivity (Wildman–Crippen MR) is 94.1 cm³/mol. The van der Waals surface area contributed by atoms with Crippen LogP contribution in [0.2, 0.25) is 0 Å². The molecule has 1 amide bonds. The number of carbonyl (C=O) groups excluding carboxylic acids is 1. The number of amides is 1. The fraction of sp³-hybridized carbons (Fsp3) is 0.579. The van der Waals surface area contributed by atoms with Gasteiger partial charge in [-0.3, -0.25) is 4.79 Å². The summed E-state index contributed by atoms with van der Waals surface area (Å²) < 4.78 is 5.80. The molecule has 2 aromatic rings. The smallest absolute Gasteiger partial charge is 0.227 e. The first-order valence-corrected chi connectivity index (χ1v) is 9.12. The number of hydrogen-bond acceptors (Lipinski definition) is 4. The largest absolute Gasteiger partial charge is 0.392 e. The fourth-order valence-corrected chi connectivity index (χ4v) is 4.42. The van der Waals surface area contributed by atoms with Crippen LogP contribution in [0.25, 0.3) is 11.0 Å². The Kier molecular flexibility index (Phi) is 4.25. The maximum absolute atomic E-state index is 12.7. The van der Waals surface area contributed by atoms with Gasteiger partial charge in [0.25, 0.3) is 0 Å². The summed E-state index contributed by atoms with van der Waals surface area (Å²) in [6.45, 7) is 4.06. The van der Waals surface area contributed by atoms with Crippen LogP contribution in [0.3, 0.4) is 0 Å². The highest BCUT2D eigenvalue weighted by Gasteiger charge is 2.56. The molecule has 0 aromatic carbocycles. The third-order valence-electron chi connectivity index (χ3n) is 6.04. The number of rotatable bonds is 4. The lowest BCUT2D eigenvalue weighted by molar-refractivity contribution is -0.210. The zero-order valence-electron chi connectivity index (χ0n) is 14.6. The number of aliphatic hydroxyl groups excluding tert-OH is 1. The number of hydrogen-bond donors (Lipinski definition) is 2. The highest BCUT2D eigenvalue weighted by Crippen LogP contribution is 2.50. The van der Waals surface area contributed by atoms with Gasteiger partial charge in [0.05, 0.1) is 18.6 Å². The Bertz CT molecular complexity index is 762. The molecule has 1 aliphatic heterocycles. The summed E-state index contributed by atoms with van der Waals surface area (Å²) in [6.07, 6.45) is 6.22. The van der Waals surface area contributed by atoms with Gasteiger partial charge in [0.1, 0.15) is 5.65 Å². The van der Waals surface area contributed by atoms with Crippen molar-refractivity contribution in [2.45, 2.75) is 44.8 Å². The van der Waals surface area contributed by atoms with Crippen molar-refractivity contribution in [1.82, 2.24) is 14.9 Å². The van der Waals surface area contributed by atoms with E-state index in [1.165, 1.54) is 0 Å². The van der Waals surface area contributed by atoms with Crippen LogP contribution in [0.15, 0.2) is 24.5 Å². The minimum Gasteiger partial charge on any atom is -0.392 e. The lowest BCUT2D eigenvalue weighted by atomic mass is 9.58. The third kappa shape index (κ3) is 2.73. The van der Waals surface area contributed by atoms with Crippen LogP contribution in [-0.4, -0.2) is 57.8 Å². The standard InChI is InChI=1S/C19H25N3O3/c1-2-25-16-11-15(23)19(16)5-8-22(9-6-19)17(24)10-13-12-21-18-14(13)4-3-7-20-18/h3-4,7,12,15-16,23H,2,5-6,8-11H2,1H3,(H,20,21). The normalized spacial score (nSPS) is 25.3. The van der Waals surface area contributed by atoms with E-state index in [2.05, 4.69) is 9.97 Å². The zero-order chi connectivity index (χ0) is 17.4. The number of aromatic nitrogens is 2. The zero-order valence-corrected chi connectivity index (χ0v) is 14.6. The Morgan fingerprint density at radius 3 is 3.00 bits per heavy atom. The molecule has 25 heavy (non-hydrogen) atoms. The lowest BCUT2D eigenvalue weighted by Crippen LogP contribution is -2.62. The van der Waals surface area contributed by atoms with Crippen LogP contribution < -0.4 is 0 Å². The summed E-state index contributed by atoms with van der Waals surface area (Å²) in [5.74, 6) is 0.140. The highest BCUT2D eigenvalue weighted by atomic mass is 16.5. The second-order valence-corrected chi connectivity index (χ2v) is 7.20. The Hall–Kier alpha value is -1.92. The molecule has 1 aliphatic carbocycles. The van der Waals surface area contributed by atoms with Gasteiger partial charge in [-0.15, -0.1) is 0 Å². The van der Waals surface area contributed by atoms with Gasteiger partial charge in [0.15, 0.2) is 0 Å². The minimum atomic E-state index is -0.291. The molecule has 2 atom stereocenters. The molecule has 1 saturated carbocycles. The van der Waals surface area contributed by atoms with Crippen molar-refractivity contribution in [2.75, 3.05) is 19.7 Å². The molecule has 0 bridgehead atoms. The molecule has 1 saturated heterocycles. The maximum atomic E-state index is 12.7. The van der Waals surface area contributed by atoms with Crippen LogP contribution in [-0.2, 0) is 16.0 Å². The summed E-state index contributed by atoms with van der Waals surface area (Å²) in [6, 6.07) is 3.88. The van der Waals surface area contributed by atoms with Crippen LogP contribution in [0, 0.1) is 5.41 Å². The molecule has 6 nitrogen and oxygen atoms in total. The Balaban J connectivity index is 1.40. The van der Waals surface area contributed by atoms with E-state index in [4.69, 9.17) is 4.74 Å². The van der Waals surface area contributed by atoms with Crippen molar-refractivity contribution in [3.63, 3.8) is 0 Å². The topological polar surface area (TPSA) is 78.5 Å². The van der Waals surface area contributed by atoms with Gasteiger partial charge in [-0.1, -0.05) is 0 Å². The Morgan fingerprint density at radius 1 is 1.48 bits per heavy atom. The van der Waals surface area contributed by atoms with E-state index < -0.39 is 0 Å². The second kappa shape index (κ2) is 6.42. The summed E-state index contributed by atoms with van der Waals surface area (Å²) in [5.41, 5.74) is 1.67. The summed E-state index contributed by atoms with van der Waals surface area (Å²) in [5, 5.41) is 11.3. The average molecular weight is 343 g/mol. The summed E-state index contributed by atoms with van der Waals surface area (Å²) >= 11 is 0. The number of nitrogens with zero attached hydrogens (tertiary/aromatic N) is 2. The number of aliphatic hydroxyl groups is 1. The van der Waals surface area contributed by atoms with E-state index in [0.29, 0.717) is 26.1 Å². The van der Waals surface area contributed by atoms with Gasteiger partial charge >= 0.3 is 0 Å². The molecule has 134 valence electrons. The Morgan fingerprint density at radius 2 is 2.28 bits per heavy atom. The summed E-state index contributed by atoms with van der Waals surface area (Å²) in [4.78, 5) is 22.0. The van der Waals surface area contributed by atoms with Gasteiger partial charge in [-0.2, -0.15) is 0 Å². The SMILES string of the molecule is CCOC1CC(O)C12CCN(C(=O)Cc1c[nH]c3ncccc13)CC2. The van der Waals surface area contributed by atoms with E-state index in [1.807, 2.05) is 30.2 Å². The number of piperidine rings is 1. The number of aromatic amines is 1. The second-order valence-electron chi connectivity index (χ2n) is 7.20. The third-order valence-corrected chi connectivity index (χ3v) is 6.04. The molecular formula is C19H25N3O3. The molecule has 2 fully saturated rings. The molecule has 2 unspecified atom stereocenters. The van der Waals surface area contributed by atoms with Crippen LogP contribution in [0.1, 0.15) is 31.7 Å². The maximum Gasteiger partial charge on any atom is 0.227 e. The van der Waals surface area contributed by atoms with Gasteiger partial charge in [0.2, 0.25) is 5.91 Å². The van der Waals surface area contributed by atoms with Crippen LogP contribution in [0.5, 0.6) is 0 Å². The van der Waals surface area contributed by atoms with E-state index >= 15 is 0 Å². The number of fused-ring (bicyclic) bond motifs is 1.